The maximum atomic E-state index is 13.2. The van der Waals surface area contributed by atoms with Gasteiger partial charge in [0.25, 0.3) is 0 Å². The topological polar surface area (TPSA) is 61.8 Å². The number of aliphatic imine (C=N–C) groups is 1. The molecule has 0 saturated carbocycles. The van der Waals surface area contributed by atoms with Crippen molar-refractivity contribution >= 4 is 86.5 Å². The van der Waals surface area contributed by atoms with E-state index >= 15 is 0 Å². The number of anilines is 1. The number of halogens is 4. The molecule has 10 heteroatoms. The molecule has 0 aromatic heterocycles. The lowest BCUT2D eigenvalue weighted by molar-refractivity contribution is -0.129. The van der Waals surface area contributed by atoms with Crippen LogP contribution in [0.3, 0.4) is 0 Å². The minimum absolute atomic E-state index is 0.00690. The van der Waals surface area contributed by atoms with E-state index in [-0.39, 0.29) is 18.2 Å². The Morgan fingerprint density at radius 3 is 2.32 bits per heavy atom. The van der Waals surface area contributed by atoms with Crippen LogP contribution in [0.15, 0.2) is 71.7 Å². The Bertz CT molecular complexity index is 1250. The van der Waals surface area contributed by atoms with E-state index in [1.807, 2.05) is 12.1 Å². The van der Waals surface area contributed by atoms with Gasteiger partial charge in [-0.1, -0.05) is 76.4 Å². The van der Waals surface area contributed by atoms with Crippen LogP contribution in [0.25, 0.3) is 0 Å². The second kappa shape index (κ2) is 11.0. The van der Waals surface area contributed by atoms with Crippen molar-refractivity contribution in [2.24, 2.45) is 4.99 Å². The second-order valence-electron chi connectivity index (χ2n) is 7.44. The summed E-state index contributed by atoms with van der Waals surface area (Å²) in [7, 11) is 0. The number of carbonyl (C=O) groups is 2. The molecule has 1 fully saturated rings. The first-order valence-electron chi connectivity index (χ1n) is 10.1. The third-order valence-corrected chi connectivity index (χ3v) is 6.96. The van der Waals surface area contributed by atoms with Gasteiger partial charge in [0.1, 0.15) is 5.25 Å². The van der Waals surface area contributed by atoms with E-state index in [2.05, 4.69) is 10.3 Å². The number of amides is 2. The number of nitrogens with zero attached hydrogens (tertiary/aromatic N) is 2. The number of thioether (sulfide) groups is 1. The van der Waals surface area contributed by atoms with Gasteiger partial charge >= 0.3 is 0 Å². The van der Waals surface area contributed by atoms with Crippen LogP contribution in [0.2, 0.25) is 20.1 Å². The highest BCUT2D eigenvalue weighted by Gasteiger charge is 2.36. The average Bonchev–Trinajstić information content (AvgIpc) is 2.76. The summed E-state index contributed by atoms with van der Waals surface area (Å²) >= 11 is 25.4. The van der Waals surface area contributed by atoms with E-state index in [9.17, 15) is 9.59 Å². The lowest BCUT2D eigenvalue weighted by atomic mass is 10.2. The van der Waals surface area contributed by atoms with Gasteiger partial charge in [0, 0.05) is 32.2 Å². The largest absolute Gasteiger partial charge is 0.325 e. The predicted molar refractivity (Wildman–Crippen MR) is 142 cm³/mol. The first-order valence-corrected chi connectivity index (χ1v) is 12.5. The monoisotopic (exact) mass is 551 g/mol. The van der Waals surface area contributed by atoms with Crippen LogP contribution in [-0.4, -0.2) is 27.1 Å². The fraction of sp³-hybridized carbons (Fsp3) is 0.125. The van der Waals surface area contributed by atoms with Crippen molar-refractivity contribution in [3.63, 3.8) is 0 Å². The number of hydrogen-bond donors (Lipinski definition) is 1. The number of rotatable bonds is 5. The molecule has 4 rings (SSSR count). The molecule has 1 aliphatic heterocycles. The number of hydrogen-bond acceptors (Lipinski definition) is 4. The molecule has 0 radical (unpaired) electrons. The summed E-state index contributed by atoms with van der Waals surface area (Å²) in [6.45, 7) is 0.292. The SMILES string of the molecule is O=C(Nc1cc(Cl)cc(Cl)c1)C1CC(=O)N(Cc2ccc(Cl)cc2)C(=Nc2cccc(Cl)c2)S1. The molecule has 0 aliphatic carbocycles. The molecule has 174 valence electrons. The van der Waals surface area contributed by atoms with Gasteiger partial charge < -0.3 is 5.32 Å². The molecule has 1 heterocycles. The average molecular weight is 553 g/mol. The molecule has 1 saturated heterocycles. The molecule has 5 nitrogen and oxygen atoms in total. The molecule has 1 N–H and O–H groups in total. The Morgan fingerprint density at radius 2 is 1.65 bits per heavy atom. The van der Waals surface area contributed by atoms with Gasteiger partial charge in [0.15, 0.2) is 5.17 Å². The summed E-state index contributed by atoms with van der Waals surface area (Å²) in [5.41, 5.74) is 1.91. The Kier molecular flexibility index (Phi) is 8.06. The molecule has 2 amide bonds. The fourth-order valence-electron chi connectivity index (χ4n) is 3.27. The van der Waals surface area contributed by atoms with Gasteiger partial charge in [-0.05, 0) is 54.1 Å². The lowest BCUT2D eigenvalue weighted by Gasteiger charge is -2.32. The second-order valence-corrected chi connectivity index (χ2v) is 10.4. The van der Waals surface area contributed by atoms with Crippen LogP contribution in [0.1, 0.15) is 12.0 Å². The summed E-state index contributed by atoms with van der Waals surface area (Å²) in [4.78, 5) is 32.4. The van der Waals surface area contributed by atoms with Gasteiger partial charge in [-0.15, -0.1) is 0 Å². The van der Waals surface area contributed by atoms with Gasteiger partial charge in [0.2, 0.25) is 11.8 Å². The fourth-order valence-corrected chi connectivity index (χ4v) is 5.21. The summed E-state index contributed by atoms with van der Waals surface area (Å²) < 4.78 is 0. The molecule has 1 atom stereocenters. The van der Waals surface area contributed by atoms with Crippen LogP contribution in [-0.2, 0) is 16.1 Å². The summed E-state index contributed by atoms with van der Waals surface area (Å²) in [5.74, 6) is -0.569. The van der Waals surface area contributed by atoms with Crippen molar-refractivity contribution in [3.05, 3.63) is 92.4 Å². The van der Waals surface area contributed by atoms with Crippen molar-refractivity contribution in [1.29, 1.82) is 0 Å². The normalized spacial score (nSPS) is 17.2. The molecular weight excluding hydrogens is 536 g/mol. The molecule has 34 heavy (non-hydrogen) atoms. The highest BCUT2D eigenvalue weighted by molar-refractivity contribution is 8.15. The quantitative estimate of drug-likeness (QED) is 0.357. The Morgan fingerprint density at radius 1 is 0.941 bits per heavy atom. The molecule has 3 aromatic carbocycles. The number of nitrogens with one attached hydrogen (secondary N) is 1. The summed E-state index contributed by atoms with van der Waals surface area (Å²) in [5, 5.41) is 4.41. The maximum Gasteiger partial charge on any atom is 0.238 e. The summed E-state index contributed by atoms with van der Waals surface area (Å²) in [6, 6.07) is 19.0. The number of carbonyl (C=O) groups excluding carboxylic acids is 2. The molecular formula is C24H17Cl4N3O2S. The third kappa shape index (κ3) is 6.46. The Labute approximate surface area is 221 Å². The zero-order valence-corrected chi connectivity index (χ0v) is 21.3. The third-order valence-electron chi connectivity index (χ3n) is 4.85. The zero-order chi connectivity index (χ0) is 24.2. The van der Waals surface area contributed by atoms with Crippen LogP contribution in [0.5, 0.6) is 0 Å². The van der Waals surface area contributed by atoms with E-state index < -0.39 is 5.25 Å². The number of benzene rings is 3. The molecule has 3 aromatic rings. The van der Waals surface area contributed by atoms with Crippen LogP contribution >= 0.6 is 58.2 Å². The first kappa shape index (κ1) is 24.9. The van der Waals surface area contributed by atoms with Crippen molar-refractivity contribution in [2.75, 3.05) is 5.32 Å². The highest BCUT2D eigenvalue weighted by Crippen LogP contribution is 2.32. The molecule has 1 unspecified atom stereocenters. The molecule has 1 aliphatic rings. The van der Waals surface area contributed by atoms with E-state index in [0.29, 0.717) is 43.2 Å². The summed E-state index contributed by atoms with van der Waals surface area (Å²) in [6.07, 6.45) is 0.00690. The zero-order valence-electron chi connectivity index (χ0n) is 17.5. The van der Waals surface area contributed by atoms with Crippen molar-refractivity contribution in [2.45, 2.75) is 18.2 Å². The minimum Gasteiger partial charge on any atom is -0.325 e. The van der Waals surface area contributed by atoms with Crippen LogP contribution < -0.4 is 5.32 Å². The first-order chi connectivity index (χ1) is 16.3. The van der Waals surface area contributed by atoms with Crippen LogP contribution in [0, 0.1) is 0 Å². The molecule has 0 bridgehead atoms. The number of amidine groups is 1. The predicted octanol–water partition coefficient (Wildman–Crippen LogP) is 7.46. The highest BCUT2D eigenvalue weighted by atomic mass is 35.5. The Hall–Kier alpha value is -2.22. The van der Waals surface area contributed by atoms with E-state index in [4.69, 9.17) is 46.4 Å². The lowest BCUT2D eigenvalue weighted by Crippen LogP contribution is -2.44. The van der Waals surface area contributed by atoms with Gasteiger partial charge in [-0.3, -0.25) is 14.5 Å². The van der Waals surface area contributed by atoms with E-state index in [1.165, 1.54) is 11.8 Å². The Balaban J connectivity index is 1.61. The minimum atomic E-state index is -0.690. The van der Waals surface area contributed by atoms with Crippen LogP contribution in [0.4, 0.5) is 11.4 Å². The van der Waals surface area contributed by atoms with Crippen molar-refractivity contribution < 1.29 is 9.59 Å². The van der Waals surface area contributed by atoms with Gasteiger partial charge in [-0.25, -0.2) is 4.99 Å². The van der Waals surface area contributed by atoms with Gasteiger partial charge in [0.05, 0.1) is 12.2 Å². The van der Waals surface area contributed by atoms with Gasteiger partial charge in [-0.2, -0.15) is 0 Å². The van der Waals surface area contributed by atoms with Crippen molar-refractivity contribution in [1.82, 2.24) is 4.90 Å². The molecule has 0 spiro atoms. The van der Waals surface area contributed by atoms with E-state index in [1.54, 1.807) is 59.5 Å². The smallest absolute Gasteiger partial charge is 0.238 e. The van der Waals surface area contributed by atoms with Crippen molar-refractivity contribution in [3.8, 4) is 0 Å². The standard InChI is InChI=1S/C24H17Cl4N3O2S/c25-15-6-4-14(5-7-15)13-31-22(32)12-21(23(33)29-20-10-17(27)8-18(28)11-20)34-24(31)30-19-3-1-2-16(26)9-19/h1-11,21H,12-13H2,(H,29,33). The maximum absolute atomic E-state index is 13.2. The van der Waals surface area contributed by atoms with E-state index in [0.717, 1.165) is 5.56 Å².